The van der Waals surface area contributed by atoms with Crippen molar-refractivity contribution < 1.29 is 42.9 Å². The van der Waals surface area contributed by atoms with Crippen molar-refractivity contribution in [1.29, 1.82) is 0 Å². The topological polar surface area (TPSA) is 118 Å². The van der Waals surface area contributed by atoms with Crippen LogP contribution in [-0.2, 0) is 42.9 Å². The lowest BCUT2D eigenvalue weighted by molar-refractivity contribution is -0.237. The molecule has 1 fully saturated rings. The molecule has 0 aromatic carbocycles. The van der Waals surface area contributed by atoms with Gasteiger partial charge in [0.15, 0.2) is 23.7 Å². The number of hydrogen-bond acceptors (Lipinski definition) is 11. The molecule has 1 rings (SSSR count). The van der Waals surface area contributed by atoms with Gasteiger partial charge in [0.05, 0.1) is 0 Å². The third-order valence-electron chi connectivity index (χ3n) is 3.53. The van der Waals surface area contributed by atoms with E-state index in [0.717, 1.165) is 18.7 Å². The van der Waals surface area contributed by atoms with Gasteiger partial charge in [-0.1, -0.05) is 24.0 Å². The van der Waals surface area contributed by atoms with Crippen LogP contribution in [-0.4, -0.2) is 83.7 Å². The monoisotopic (exact) mass is 451 g/mol. The third-order valence-corrected chi connectivity index (χ3v) is 5.36. The van der Waals surface area contributed by atoms with E-state index in [2.05, 4.69) is 0 Å². The number of ether oxygens (including phenoxy) is 5. The molecule has 0 spiro atoms. The summed E-state index contributed by atoms with van der Waals surface area (Å²) < 4.78 is 27.3. The van der Waals surface area contributed by atoms with Crippen molar-refractivity contribution in [2.24, 2.45) is 0 Å². The Morgan fingerprint density at radius 2 is 1.34 bits per heavy atom. The van der Waals surface area contributed by atoms with E-state index in [1.165, 1.54) is 20.8 Å². The number of carbonyl (C=O) groups is 4. The van der Waals surface area contributed by atoms with E-state index in [1.807, 2.05) is 0 Å². The van der Waals surface area contributed by atoms with E-state index in [1.54, 1.807) is 19.0 Å². The molecule has 1 aliphatic heterocycles. The zero-order valence-electron chi connectivity index (χ0n) is 17.0. The van der Waals surface area contributed by atoms with Crippen LogP contribution in [0, 0.1) is 0 Å². The fraction of sp³-hybridized carbons (Fsp3) is 0.706. The van der Waals surface area contributed by atoms with Gasteiger partial charge in [0.25, 0.3) is 0 Å². The van der Waals surface area contributed by atoms with Gasteiger partial charge in [-0.3, -0.25) is 19.2 Å². The summed E-state index contributed by atoms with van der Waals surface area (Å²) in [4.78, 5) is 47.9. The fourth-order valence-electron chi connectivity index (χ4n) is 2.49. The van der Waals surface area contributed by atoms with Crippen molar-refractivity contribution in [2.75, 3.05) is 20.7 Å². The highest BCUT2D eigenvalue weighted by Crippen LogP contribution is 2.35. The Hall–Kier alpha value is -1.92. The van der Waals surface area contributed by atoms with Gasteiger partial charge < -0.3 is 28.6 Å². The van der Waals surface area contributed by atoms with E-state index < -0.39 is 53.7 Å². The first-order valence-corrected chi connectivity index (χ1v) is 9.89. The maximum Gasteiger partial charge on any atom is 0.303 e. The molecule has 0 amide bonds. The second-order valence-corrected chi connectivity index (χ2v) is 8.08. The molecule has 0 aliphatic carbocycles. The summed E-state index contributed by atoms with van der Waals surface area (Å²) in [5.41, 5.74) is -0.912. The molecular formula is C17H25NO9S2. The van der Waals surface area contributed by atoms with Crippen LogP contribution in [0.1, 0.15) is 27.7 Å². The Labute approximate surface area is 178 Å². The molecule has 0 saturated carbocycles. The lowest BCUT2D eigenvalue weighted by atomic mass is 9.99. The number of esters is 4. The first kappa shape index (κ1) is 25.1. The Kier molecular flexibility index (Phi) is 9.80. The van der Waals surface area contributed by atoms with Crippen LogP contribution in [0.25, 0.3) is 0 Å². The van der Waals surface area contributed by atoms with Crippen LogP contribution >= 0.6 is 24.0 Å². The highest BCUT2D eigenvalue weighted by atomic mass is 32.2. The summed E-state index contributed by atoms with van der Waals surface area (Å²) in [6.07, 6.45) is -4.49. The van der Waals surface area contributed by atoms with E-state index >= 15 is 0 Å². The lowest BCUT2D eigenvalue weighted by Gasteiger charge is -2.44. The number of thioether (sulfide) groups is 1. The molecule has 164 valence electrons. The molecule has 1 aliphatic rings. The predicted molar refractivity (Wildman–Crippen MR) is 106 cm³/mol. The van der Waals surface area contributed by atoms with Gasteiger partial charge in [-0.05, 0) is 0 Å². The molecule has 0 bridgehead atoms. The zero-order valence-corrected chi connectivity index (χ0v) is 18.7. The SMILES string of the molecule is CC(=O)OC[C@H]1O[C@@H](SC(=S)N(C)C)[C@H](OC(C)=O)[C@H](OC(C)=O)[C@@H]1OC(C)=O. The van der Waals surface area contributed by atoms with E-state index in [0.29, 0.717) is 4.32 Å². The Morgan fingerprint density at radius 1 is 0.862 bits per heavy atom. The minimum absolute atomic E-state index is 0.274. The summed E-state index contributed by atoms with van der Waals surface area (Å²) in [6, 6.07) is 0. The maximum absolute atomic E-state index is 11.7. The van der Waals surface area contributed by atoms with E-state index in [9.17, 15) is 19.2 Å². The minimum Gasteiger partial charge on any atom is -0.463 e. The van der Waals surface area contributed by atoms with E-state index in [-0.39, 0.29) is 6.61 Å². The van der Waals surface area contributed by atoms with Crippen LogP contribution in [0.15, 0.2) is 0 Å². The van der Waals surface area contributed by atoms with Crippen molar-refractivity contribution in [2.45, 2.75) is 57.5 Å². The lowest BCUT2D eigenvalue weighted by Crippen LogP contribution is -2.61. The van der Waals surface area contributed by atoms with Crippen molar-refractivity contribution in [3.63, 3.8) is 0 Å². The number of nitrogens with zero attached hydrogens (tertiary/aromatic N) is 1. The molecule has 0 unspecified atom stereocenters. The second-order valence-electron chi connectivity index (χ2n) is 6.35. The third kappa shape index (κ3) is 8.15. The highest BCUT2D eigenvalue weighted by molar-refractivity contribution is 8.23. The first-order valence-electron chi connectivity index (χ1n) is 8.60. The van der Waals surface area contributed by atoms with Crippen molar-refractivity contribution in [3.05, 3.63) is 0 Å². The zero-order chi connectivity index (χ0) is 22.3. The Balaban J connectivity index is 3.33. The van der Waals surface area contributed by atoms with Crippen LogP contribution < -0.4 is 0 Å². The average Bonchev–Trinajstić information content (AvgIpc) is 2.56. The summed E-state index contributed by atoms with van der Waals surface area (Å²) in [7, 11) is 3.45. The second kappa shape index (κ2) is 11.3. The largest absolute Gasteiger partial charge is 0.463 e. The molecule has 12 heteroatoms. The number of thiocarbonyl (C=S) groups is 1. The highest BCUT2D eigenvalue weighted by Gasteiger charge is 2.52. The number of rotatable bonds is 6. The summed E-state index contributed by atoms with van der Waals surface area (Å²) in [6.45, 7) is 4.45. The minimum atomic E-state index is -1.20. The summed E-state index contributed by atoms with van der Waals surface area (Å²) in [5.74, 6) is -2.59. The van der Waals surface area contributed by atoms with Crippen LogP contribution in [0.2, 0.25) is 0 Å². The van der Waals surface area contributed by atoms with Crippen LogP contribution in [0.5, 0.6) is 0 Å². The molecule has 5 atom stereocenters. The number of carbonyl (C=O) groups excluding carboxylic acids is 4. The quantitative estimate of drug-likeness (QED) is 0.320. The Bertz CT molecular complexity index is 655. The fourth-order valence-corrected chi connectivity index (χ4v) is 3.73. The van der Waals surface area contributed by atoms with Gasteiger partial charge >= 0.3 is 23.9 Å². The maximum atomic E-state index is 11.7. The summed E-state index contributed by atoms with van der Waals surface area (Å²) in [5, 5.41) is 0. The molecule has 0 radical (unpaired) electrons. The first-order chi connectivity index (χ1) is 13.4. The van der Waals surface area contributed by atoms with Gasteiger partial charge in [0.2, 0.25) is 0 Å². The molecule has 0 aromatic rings. The van der Waals surface area contributed by atoms with Gasteiger partial charge in [-0.25, -0.2) is 0 Å². The van der Waals surface area contributed by atoms with Crippen LogP contribution in [0.4, 0.5) is 0 Å². The standard InChI is InChI=1S/C17H25NO9S2/c1-8(19)23-7-12-13(24-9(2)20)14(25-10(3)21)15(26-11(4)22)16(27-12)29-17(28)18(5)6/h12-16H,7H2,1-6H3/t12-,13-,14-,15-,16+/m1/s1. The predicted octanol–water partition coefficient (Wildman–Crippen LogP) is 0.649. The smallest absolute Gasteiger partial charge is 0.303 e. The van der Waals surface area contributed by atoms with Crippen molar-refractivity contribution >= 4 is 52.2 Å². The van der Waals surface area contributed by atoms with Gasteiger partial charge in [-0.15, -0.1) is 0 Å². The molecule has 29 heavy (non-hydrogen) atoms. The number of hydrogen-bond donors (Lipinski definition) is 0. The molecule has 1 heterocycles. The molecule has 0 N–H and O–H groups in total. The van der Waals surface area contributed by atoms with Gasteiger partial charge in [0, 0.05) is 41.8 Å². The van der Waals surface area contributed by atoms with Crippen molar-refractivity contribution in [3.8, 4) is 0 Å². The van der Waals surface area contributed by atoms with E-state index in [4.69, 9.17) is 35.9 Å². The normalized spacial score (nSPS) is 26.1. The molecular weight excluding hydrogens is 426 g/mol. The molecule has 1 saturated heterocycles. The average molecular weight is 452 g/mol. The van der Waals surface area contributed by atoms with Crippen molar-refractivity contribution in [1.82, 2.24) is 4.90 Å². The Morgan fingerprint density at radius 3 is 1.79 bits per heavy atom. The van der Waals surface area contributed by atoms with Crippen LogP contribution in [0.3, 0.4) is 0 Å². The van der Waals surface area contributed by atoms with Gasteiger partial charge in [-0.2, -0.15) is 0 Å². The molecule has 0 aromatic heterocycles. The molecule has 10 nitrogen and oxygen atoms in total. The summed E-state index contributed by atoms with van der Waals surface area (Å²) >= 11 is 6.34. The van der Waals surface area contributed by atoms with Gasteiger partial charge in [0.1, 0.15) is 17.0 Å².